The van der Waals surface area contributed by atoms with Crippen LogP contribution in [0.25, 0.3) is 0 Å². The van der Waals surface area contributed by atoms with Gasteiger partial charge in [0.15, 0.2) is 0 Å². The van der Waals surface area contributed by atoms with Gasteiger partial charge in [-0.1, -0.05) is 0 Å². The lowest BCUT2D eigenvalue weighted by Crippen LogP contribution is -2.80. The lowest BCUT2D eigenvalue weighted by molar-refractivity contribution is -0.534. The van der Waals surface area contributed by atoms with E-state index in [4.69, 9.17) is 0 Å². The van der Waals surface area contributed by atoms with E-state index in [1.165, 1.54) is 25.7 Å². The third-order valence-corrected chi connectivity index (χ3v) is 2.07. The molecule has 1 aliphatic carbocycles. The van der Waals surface area contributed by atoms with E-state index in [1.54, 1.807) is 0 Å². The third kappa shape index (κ3) is 1.20. The van der Waals surface area contributed by atoms with Crippen LogP contribution in [0.1, 0.15) is 25.7 Å². The van der Waals surface area contributed by atoms with Crippen LogP contribution in [0.5, 0.6) is 0 Å². The van der Waals surface area contributed by atoms with Crippen LogP contribution in [-0.4, -0.2) is 12.1 Å². The highest BCUT2D eigenvalue weighted by Gasteiger charge is 2.23. The fourth-order valence-corrected chi connectivity index (χ4v) is 1.28. The quantitative estimate of drug-likeness (QED) is 0.399. The standard InChI is InChI=1S/C6H14N2/c7-5-3-1-2-4-6(5)8/h5-6H,1-4,7-8H2/p+2. The Morgan fingerprint density at radius 1 is 0.875 bits per heavy atom. The SMILES string of the molecule is [NH3+]C1CCCCC1[NH3+]. The van der Waals surface area contributed by atoms with Gasteiger partial charge < -0.3 is 11.5 Å². The minimum absolute atomic E-state index is 0.642. The zero-order valence-corrected chi connectivity index (χ0v) is 5.40. The van der Waals surface area contributed by atoms with Gasteiger partial charge in [0.05, 0.1) is 0 Å². The summed E-state index contributed by atoms with van der Waals surface area (Å²) in [6, 6.07) is 1.28. The van der Waals surface area contributed by atoms with Gasteiger partial charge in [0.2, 0.25) is 0 Å². The molecule has 1 fully saturated rings. The van der Waals surface area contributed by atoms with Crippen LogP contribution in [0.15, 0.2) is 0 Å². The first kappa shape index (κ1) is 6.05. The molecule has 48 valence electrons. The van der Waals surface area contributed by atoms with Gasteiger partial charge in [0, 0.05) is 12.8 Å². The summed E-state index contributed by atoms with van der Waals surface area (Å²) >= 11 is 0. The Labute approximate surface area is 50.2 Å². The Hall–Kier alpha value is -0.0800. The molecule has 0 aromatic heterocycles. The minimum atomic E-state index is 0.642. The summed E-state index contributed by atoms with van der Waals surface area (Å²) in [6.45, 7) is 0. The van der Waals surface area contributed by atoms with Gasteiger partial charge in [-0.3, -0.25) is 0 Å². The lowest BCUT2D eigenvalue weighted by Gasteiger charge is -2.18. The Kier molecular flexibility index (Phi) is 1.86. The predicted molar refractivity (Wildman–Crippen MR) is 31.8 cm³/mol. The van der Waals surface area contributed by atoms with E-state index in [2.05, 4.69) is 11.5 Å². The van der Waals surface area contributed by atoms with Crippen molar-refractivity contribution in [3.63, 3.8) is 0 Å². The summed E-state index contributed by atoms with van der Waals surface area (Å²) in [6.07, 6.45) is 5.35. The first-order valence-corrected chi connectivity index (χ1v) is 3.47. The lowest BCUT2D eigenvalue weighted by atomic mass is 9.92. The molecule has 6 N–H and O–H groups in total. The van der Waals surface area contributed by atoms with E-state index in [-0.39, 0.29) is 0 Å². The molecule has 1 rings (SSSR count). The van der Waals surface area contributed by atoms with Gasteiger partial charge in [0.1, 0.15) is 12.1 Å². The maximum atomic E-state index is 4.02. The second-order valence-corrected chi connectivity index (χ2v) is 2.80. The van der Waals surface area contributed by atoms with E-state index in [0.29, 0.717) is 12.1 Å². The van der Waals surface area contributed by atoms with Crippen LogP contribution < -0.4 is 11.5 Å². The Balaban J connectivity index is 2.28. The molecule has 8 heavy (non-hydrogen) atoms. The van der Waals surface area contributed by atoms with Crippen LogP contribution >= 0.6 is 0 Å². The smallest absolute Gasteiger partial charge is 0.137 e. The largest absolute Gasteiger partial charge is 0.350 e. The second-order valence-electron chi connectivity index (χ2n) is 2.80. The van der Waals surface area contributed by atoms with E-state index in [9.17, 15) is 0 Å². The van der Waals surface area contributed by atoms with Crippen molar-refractivity contribution in [1.29, 1.82) is 0 Å². The molecule has 0 saturated heterocycles. The summed E-state index contributed by atoms with van der Waals surface area (Å²) in [7, 11) is 0. The highest BCUT2D eigenvalue weighted by Crippen LogP contribution is 2.12. The molecule has 0 aliphatic heterocycles. The van der Waals surface area contributed by atoms with E-state index in [0.717, 1.165) is 0 Å². The average Bonchev–Trinajstić information content (AvgIpc) is 1.77. The molecule has 2 unspecified atom stereocenters. The zero-order chi connectivity index (χ0) is 5.98. The number of hydrogen-bond acceptors (Lipinski definition) is 0. The van der Waals surface area contributed by atoms with Crippen LogP contribution in [0.3, 0.4) is 0 Å². The molecule has 0 aromatic carbocycles. The Bertz CT molecular complexity index is 62.9. The molecule has 0 radical (unpaired) electrons. The topological polar surface area (TPSA) is 55.3 Å². The van der Waals surface area contributed by atoms with Gasteiger partial charge in [-0.05, 0) is 12.8 Å². The monoisotopic (exact) mass is 116 g/mol. The van der Waals surface area contributed by atoms with E-state index >= 15 is 0 Å². The maximum absolute atomic E-state index is 4.02. The maximum Gasteiger partial charge on any atom is 0.137 e. The van der Waals surface area contributed by atoms with Crippen molar-refractivity contribution in [2.45, 2.75) is 37.8 Å². The molecule has 0 amide bonds. The Morgan fingerprint density at radius 3 is 1.50 bits per heavy atom. The Morgan fingerprint density at radius 2 is 1.25 bits per heavy atom. The molecule has 1 aliphatic rings. The second kappa shape index (κ2) is 2.46. The molecule has 2 nitrogen and oxygen atoms in total. The summed E-state index contributed by atoms with van der Waals surface area (Å²) in [4.78, 5) is 0. The molecular formula is C6H16N2+2. The summed E-state index contributed by atoms with van der Waals surface area (Å²) in [5.41, 5.74) is 8.03. The molecule has 0 bridgehead atoms. The molecule has 0 heterocycles. The van der Waals surface area contributed by atoms with Crippen molar-refractivity contribution in [3.8, 4) is 0 Å². The summed E-state index contributed by atoms with van der Waals surface area (Å²) in [5, 5.41) is 0. The fourth-order valence-electron chi connectivity index (χ4n) is 1.28. The molecule has 0 spiro atoms. The van der Waals surface area contributed by atoms with Crippen molar-refractivity contribution >= 4 is 0 Å². The van der Waals surface area contributed by atoms with Crippen molar-refractivity contribution < 1.29 is 11.5 Å². The van der Waals surface area contributed by atoms with Gasteiger partial charge in [0.25, 0.3) is 0 Å². The number of hydrogen-bond donors (Lipinski definition) is 2. The summed E-state index contributed by atoms with van der Waals surface area (Å²) < 4.78 is 0. The van der Waals surface area contributed by atoms with Crippen LogP contribution in [0.4, 0.5) is 0 Å². The normalized spacial score (nSPS) is 39.8. The predicted octanol–water partition coefficient (Wildman–Crippen LogP) is -1.22. The van der Waals surface area contributed by atoms with Crippen molar-refractivity contribution in [2.75, 3.05) is 0 Å². The van der Waals surface area contributed by atoms with Crippen molar-refractivity contribution in [1.82, 2.24) is 0 Å². The molecule has 1 saturated carbocycles. The number of rotatable bonds is 0. The van der Waals surface area contributed by atoms with Crippen LogP contribution in [0.2, 0.25) is 0 Å². The van der Waals surface area contributed by atoms with Crippen LogP contribution in [-0.2, 0) is 0 Å². The minimum Gasteiger partial charge on any atom is -0.350 e. The van der Waals surface area contributed by atoms with Crippen molar-refractivity contribution in [2.24, 2.45) is 0 Å². The van der Waals surface area contributed by atoms with Crippen molar-refractivity contribution in [3.05, 3.63) is 0 Å². The van der Waals surface area contributed by atoms with E-state index < -0.39 is 0 Å². The van der Waals surface area contributed by atoms with Gasteiger partial charge >= 0.3 is 0 Å². The first-order valence-electron chi connectivity index (χ1n) is 3.47. The highest BCUT2D eigenvalue weighted by atomic mass is 14.8. The average molecular weight is 116 g/mol. The molecule has 2 heteroatoms. The molecule has 2 atom stereocenters. The van der Waals surface area contributed by atoms with E-state index in [1.807, 2.05) is 0 Å². The van der Waals surface area contributed by atoms with Crippen LogP contribution in [0, 0.1) is 0 Å². The summed E-state index contributed by atoms with van der Waals surface area (Å²) in [5.74, 6) is 0. The zero-order valence-electron chi connectivity index (χ0n) is 5.40. The number of quaternary nitrogens is 2. The van der Waals surface area contributed by atoms with Gasteiger partial charge in [-0.2, -0.15) is 0 Å². The fraction of sp³-hybridized carbons (Fsp3) is 1.00. The molecular weight excluding hydrogens is 100 g/mol. The third-order valence-electron chi connectivity index (χ3n) is 2.07. The van der Waals surface area contributed by atoms with Gasteiger partial charge in [-0.15, -0.1) is 0 Å². The molecule has 0 aromatic rings. The first-order chi connectivity index (χ1) is 3.80. The highest BCUT2D eigenvalue weighted by molar-refractivity contribution is 4.69. The van der Waals surface area contributed by atoms with Gasteiger partial charge in [-0.25, -0.2) is 0 Å².